The molecule has 19 heavy (non-hydrogen) atoms. The Balaban J connectivity index is 2.17. The Kier molecular flexibility index (Phi) is 2.71. The van der Waals surface area contributed by atoms with E-state index in [4.69, 9.17) is 0 Å². The maximum absolute atomic E-state index is 12.3. The van der Waals surface area contributed by atoms with Crippen molar-refractivity contribution in [1.82, 2.24) is 4.98 Å². The molecule has 2 amide bonds. The highest BCUT2D eigenvalue weighted by atomic mass is 79.9. The van der Waals surface area contributed by atoms with Gasteiger partial charge in [0.2, 0.25) is 0 Å². The number of rotatable bonds is 1. The van der Waals surface area contributed by atoms with Crippen LogP contribution in [0.2, 0.25) is 0 Å². The lowest BCUT2D eigenvalue weighted by Gasteiger charge is -2.16. The second-order valence-electron chi connectivity index (χ2n) is 4.27. The summed E-state index contributed by atoms with van der Waals surface area (Å²) in [5.74, 6) is -0.645. The molecule has 0 fully saturated rings. The molecule has 4 nitrogen and oxygen atoms in total. The molecule has 0 unspecified atom stereocenters. The zero-order valence-electron chi connectivity index (χ0n) is 10.1. The van der Waals surface area contributed by atoms with Gasteiger partial charge in [-0.05, 0) is 40.5 Å². The lowest BCUT2D eigenvalue weighted by atomic mass is 10.2. The van der Waals surface area contributed by atoms with Gasteiger partial charge in [-0.3, -0.25) is 14.6 Å². The molecule has 0 spiro atoms. The normalized spacial score (nSPS) is 13.9. The molecule has 0 saturated heterocycles. The Labute approximate surface area is 118 Å². The van der Waals surface area contributed by atoms with Crippen molar-refractivity contribution in [2.45, 2.75) is 6.92 Å². The zero-order valence-corrected chi connectivity index (χ0v) is 11.6. The van der Waals surface area contributed by atoms with Crippen molar-refractivity contribution in [3.05, 3.63) is 57.8 Å². The van der Waals surface area contributed by atoms with E-state index in [1.807, 2.05) is 19.1 Å². The van der Waals surface area contributed by atoms with Gasteiger partial charge in [-0.15, -0.1) is 0 Å². The minimum atomic E-state index is -0.334. The molecule has 0 aliphatic carbocycles. The highest BCUT2D eigenvalue weighted by molar-refractivity contribution is 9.10. The lowest BCUT2D eigenvalue weighted by molar-refractivity contribution is 0.0926. The highest BCUT2D eigenvalue weighted by Crippen LogP contribution is 2.34. The van der Waals surface area contributed by atoms with Crippen LogP contribution in [0.4, 0.5) is 5.69 Å². The third kappa shape index (κ3) is 1.69. The molecular formula is C14H9BrN2O2. The highest BCUT2D eigenvalue weighted by Gasteiger charge is 2.37. The molecule has 0 radical (unpaired) electrons. The van der Waals surface area contributed by atoms with E-state index < -0.39 is 0 Å². The predicted molar refractivity (Wildman–Crippen MR) is 74.3 cm³/mol. The molecule has 1 aliphatic rings. The van der Waals surface area contributed by atoms with E-state index in [9.17, 15) is 9.59 Å². The quantitative estimate of drug-likeness (QED) is 0.760. The molecule has 5 heteroatoms. The summed E-state index contributed by atoms with van der Waals surface area (Å²) in [4.78, 5) is 29.7. The van der Waals surface area contributed by atoms with Crippen LogP contribution in [0.3, 0.4) is 0 Å². The molecule has 3 rings (SSSR count). The van der Waals surface area contributed by atoms with Crippen molar-refractivity contribution in [2.75, 3.05) is 4.90 Å². The fraction of sp³-hybridized carbons (Fsp3) is 0.0714. The SMILES string of the molecule is Cc1cccc(N2C(=O)c3ccncc3C2=O)c1Br. The van der Waals surface area contributed by atoms with Crippen LogP contribution in [0, 0.1) is 6.92 Å². The number of amides is 2. The van der Waals surface area contributed by atoms with E-state index >= 15 is 0 Å². The van der Waals surface area contributed by atoms with Crippen LogP contribution in [0.25, 0.3) is 0 Å². The lowest BCUT2D eigenvalue weighted by Crippen LogP contribution is -2.29. The molecule has 0 saturated carbocycles. The number of imide groups is 1. The average molecular weight is 317 g/mol. The number of benzene rings is 1. The van der Waals surface area contributed by atoms with Gasteiger partial charge >= 0.3 is 0 Å². The van der Waals surface area contributed by atoms with Crippen molar-refractivity contribution in [3.8, 4) is 0 Å². The van der Waals surface area contributed by atoms with Crippen molar-refractivity contribution < 1.29 is 9.59 Å². The van der Waals surface area contributed by atoms with E-state index in [1.54, 1.807) is 12.1 Å². The summed E-state index contributed by atoms with van der Waals surface area (Å²) >= 11 is 3.43. The molecule has 1 aromatic carbocycles. The third-order valence-corrected chi connectivity index (χ3v) is 4.13. The Hall–Kier alpha value is -2.01. The van der Waals surface area contributed by atoms with Gasteiger partial charge in [-0.2, -0.15) is 0 Å². The molecule has 0 N–H and O–H groups in total. The smallest absolute Gasteiger partial charge is 0.267 e. The van der Waals surface area contributed by atoms with Crippen molar-refractivity contribution >= 4 is 33.4 Å². The van der Waals surface area contributed by atoms with Crippen LogP contribution >= 0.6 is 15.9 Å². The Bertz CT molecular complexity index is 677. The van der Waals surface area contributed by atoms with E-state index in [1.165, 1.54) is 17.3 Å². The van der Waals surface area contributed by atoms with Gasteiger partial charge in [-0.25, -0.2) is 4.90 Å². The third-order valence-electron chi connectivity index (χ3n) is 3.10. The fourth-order valence-corrected chi connectivity index (χ4v) is 2.55. The van der Waals surface area contributed by atoms with Gasteiger partial charge in [0.25, 0.3) is 11.8 Å². The van der Waals surface area contributed by atoms with Crippen molar-refractivity contribution in [1.29, 1.82) is 0 Å². The first-order valence-electron chi connectivity index (χ1n) is 5.69. The summed E-state index contributed by atoms with van der Waals surface area (Å²) in [6.07, 6.45) is 2.94. The summed E-state index contributed by atoms with van der Waals surface area (Å²) in [6.45, 7) is 1.91. The fourth-order valence-electron chi connectivity index (χ4n) is 2.11. The number of halogens is 1. The number of aromatic nitrogens is 1. The molecule has 1 aromatic heterocycles. The average Bonchev–Trinajstić information content (AvgIpc) is 2.67. The summed E-state index contributed by atoms with van der Waals surface area (Å²) < 4.78 is 0.748. The van der Waals surface area contributed by atoms with Crippen LogP contribution < -0.4 is 4.90 Å². The number of aryl methyl sites for hydroxylation is 1. The van der Waals surface area contributed by atoms with Gasteiger partial charge in [-0.1, -0.05) is 12.1 Å². The summed E-state index contributed by atoms with van der Waals surface area (Å²) in [7, 11) is 0. The molecule has 0 atom stereocenters. The van der Waals surface area contributed by atoms with Gasteiger partial charge in [0.05, 0.1) is 16.8 Å². The molecule has 94 valence electrons. The number of pyridine rings is 1. The summed E-state index contributed by atoms with van der Waals surface area (Å²) in [6, 6.07) is 7.04. The molecule has 2 aromatic rings. The van der Waals surface area contributed by atoms with Crippen LogP contribution in [-0.4, -0.2) is 16.8 Å². The first-order chi connectivity index (χ1) is 9.11. The maximum atomic E-state index is 12.3. The minimum Gasteiger partial charge on any atom is -0.268 e. The number of carbonyl (C=O) groups excluding carboxylic acids is 2. The molecule has 2 heterocycles. The second kappa shape index (κ2) is 4.28. The van der Waals surface area contributed by atoms with Crippen LogP contribution in [-0.2, 0) is 0 Å². The van der Waals surface area contributed by atoms with E-state index in [2.05, 4.69) is 20.9 Å². The topological polar surface area (TPSA) is 50.3 Å². The van der Waals surface area contributed by atoms with Crippen LogP contribution in [0.5, 0.6) is 0 Å². The van der Waals surface area contributed by atoms with Crippen molar-refractivity contribution in [3.63, 3.8) is 0 Å². The van der Waals surface area contributed by atoms with Gasteiger partial charge in [0, 0.05) is 16.9 Å². The Morgan fingerprint density at radius 2 is 1.84 bits per heavy atom. The Morgan fingerprint density at radius 3 is 2.58 bits per heavy atom. The largest absolute Gasteiger partial charge is 0.268 e. The zero-order chi connectivity index (χ0) is 13.6. The van der Waals surface area contributed by atoms with Gasteiger partial charge in [0.15, 0.2) is 0 Å². The summed E-state index contributed by atoms with van der Waals surface area (Å²) in [5, 5.41) is 0. The standard InChI is InChI=1S/C14H9BrN2O2/c1-8-3-2-4-11(12(8)15)17-13(18)9-5-6-16-7-10(9)14(17)19/h2-7H,1H3. The van der Waals surface area contributed by atoms with E-state index in [-0.39, 0.29) is 11.8 Å². The Morgan fingerprint density at radius 1 is 1.11 bits per heavy atom. The number of nitrogens with zero attached hydrogens (tertiary/aromatic N) is 2. The second-order valence-corrected chi connectivity index (χ2v) is 5.07. The molecule has 1 aliphatic heterocycles. The number of hydrogen-bond acceptors (Lipinski definition) is 3. The first-order valence-corrected chi connectivity index (χ1v) is 6.48. The van der Waals surface area contributed by atoms with Gasteiger partial charge in [0.1, 0.15) is 0 Å². The number of hydrogen-bond donors (Lipinski definition) is 0. The summed E-state index contributed by atoms with van der Waals surface area (Å²) in [5.41, 5.74) is 2.27. The maximum Gasteiger partial charge on any atom is 0.267 e. The van der Waals surface area contributed by atoms with Crippen LogP contribution in [0.1, 0.15) is 26.3 Å². The number of fused-ring (bicyclic) bond motifs is 1. The van der Waals surface area contributed by atoms with E-state index in [0.717, 1.165) is 10.0 Å². The monoisotopic (exact) mass is 316 g/mol. The first kappa shape index (κ1) is 12.0. The molecular weight excluding hydrogens is 308 g/mol. The van der Waals surface area contributed by atoms with Gasteiger partial charge < -0.3 is 0 Å². The molecule has 0 bridgehead atoms. The van der Waals surface area contributed by atoms with E-state index in [0.29, 0.717) is 16.8 Å². The number of anilines is 1. The minimum absolute atomic E-state index is 0.311. The number of carbonyl (C=O) groups is 2. The van der Waals surface area contributed by atoms with Crippen molar-refractivity contribution in [2.24, 2.45) is 0 Å². The predicted octanol–water partition coefficient (Wildman–Crippen LogP) is 2.95. The van der Waals surface area contributed by atoms with Crippen LogP contribution in [0.15, 0.2) is 41.1 Å².